The van der Waals surface area contributed by atoms with E-state index in [1.54, 1.807) is 6.21 Å². The Morgan fingerprint density at radius 2 is 2.07 bits per heavy atom. The maximum absolute atomic E-state index is 12.0. The fourth-order valence-electron chi connectivity index (χ4n) is 2.32. The Hall–Kier alpha value is -1.81. The third-order valence-electron chi connectivity index (χ3n) is 3.48. The van der Waals surface area contributed by atoms with Gasteiger partial charge in [0.1, 0.15) is 0 Å². The fourth-order valence-corrected chi connectivity index (χ4v) is 3.32. The predicted octanol–water partition coefficient (Wildman–Crippen LogP) is 5.70. The molecule has 28 heavy (non-hydrogen) atoms. The van der Waals surface area contributed by atoms with Crippen LogP contribution in [0.2, 0.25) is 0 Å². The summed E-state index contributed by atoms with van der Waals surface area (Å²) in [5.41, 5.74) is 4.98. The number of hydrogen-bond acceptors (Lipinski definition) is 4. The van der Waals surface area contributed by atoms with Crippen LogP contribution in [-0.2, 0) is 0 Å². The molecule has 2 rings (SSSR count). The van der Waals surface area contributed by atoms with Crippen molar-refractivity contribution in [1.29, 1.82) is 0 Å². The average molecular weight is 560 g/mol. The third-order valence-corrected chi connectivity index (χ3v) is 5.17. The van der Waals surface area contributed by atoms with E-state index < -0.39 is 6.03 Å². The molecule has 0 atom stereocenters. The maximum atomic E-state index is 12.0. The first-order chi connectivity index (χ1) is 13.3. The van der Waals surface area contributed by atoms with Gasteiger partial charge in [-0.1, -0.05) is 15.9 Å². The number of hydrazone groups is 1. The first-order valence-electron chi connectivity index (χ1n) is 8.79. The average Bonchev–Trinajstić information content (AvgIpc) is 2.61. The second-order valence-electron chi connectivity index (χ2n) is 6.22. The summed E-state index contributed by atoms with van der Waals surface area (Å²) in [6.07, 6.45) is 1.61. The molecule has 0 fully saturated rings. The summed E-state index contributed by atoms with van der Waals surface area (Å²) in [6.45, 7) is 8.34. The van der Waals surface area contributed by atoms with Crippen LogP contribution in [-0.4, -0.2) is 25.0 Å². The molecule has 150 valence electrons. The molecule has 0 aliphatic carbocycles. The smallest absolute Gasteiger partial charge is 0.339 e. The summed E-state index contributed by atoms with van der Waals surface area (Å²) in [5.74, 6) is 1.37. The van der Waals surface area contributed by atoms with Crippen molar-refractivity contribution in [3.63, 3.8) is 0 Å². The molecule has 0 unspecified atom stereocenters. The van der Waals surface area contributed by atoms with Crippen LogP contribution in [0.4, 0.5) is 10.5 Å². The van der Waals surface area contributed by atoms with Crippen molar-refractivity contribution in [1.82, 2.24) is 5.43 Å². The van der Waals surface area contributed by atoms with Crippen molar-refractivity contribution < 1.29 is 14.3 Å². The number of nitrogens with one attached hydrogen (secondary N) is 2. The number of anilines is 1. The SMILES string of the molecule is CCOc1cc(/C=N/NC(=O)Nc2ccc(Br)c(C)c2)cc(I)c1OC(C)C. The number of carbonyl (C=O) groups is 1. The summed E-state index contributed by atoms with van der Waals surface area (Å²) >= 11 is 5.63. The Morgan fingerprint density at radius 1 is 1.32 bits per heavy atom. The Morgan fingerprint density at radius 3 is 2.71 bits per heavy atom. The standard InChI is InChI=1S/C20H23BrIN3O3/c1-5-27-18-10-14(9-17(22)19(18)28-12(2)3)11-23-25-20(26)24-15-6-7-16(21)13(4)8-15/h6-12H,5H2,1-4H3,(H2,24,25,26)/b23-11+. The van der Waals surface area contributed by atoms with Crippen LogP contribution < -0.4 is 20.2 Å². The highest BCUT2D eigenvalue weighted by molar-refractivity contribution is 14.1. The van der Waals surface area contributed by atoms with Crippen LogP contribution in [0.3, 0.4) is 0 Å². The molecule has 2 aromatic carbocycles. The van der Waals surface area contributed by atoms with E-state index in [0.29, 0.717) is 23.8 Å². The number of aryl methyl sites for hydroxylation is 1. The number of halogens is 2. The van der Waals surface area contributed by atoms with Crippen molar-refractivity contribution in [2.75, 3.05) is 11.9 Å². The minimum atomic E-state index is -0.419. The van der Waals surface area contributed by atoms with E-state index in [1.807, 2.05) is 58.0 Å². The van der Waals surface area contributed by atoms with E-state index in [1.165, 1.54) is 0 Å². The molecule has 2 N–H and O–H groups in total. The van der Waals surface area contributed by atoms with Gasteiger partial charge in [-0.05, 0) is 91.7 Å². The van der Waals surface area contributed by atoms with Crippen LogP contribution in [0.1, 0.15) is 31.9 Å². The van der Waals surface area contributed by atoms with Gasteiger partial charge in [-0.3, -0.25) is 0 Å². The van der Waals surface area contributed by atoms with Gasteiger partial charge >= 0.3 is 6.03 Å². The number of carbonyl (C=O) groups excluding carboxylic acids is 1. The Balaban J connectivity index is 2.06. The summed E-state index contributed by atoms with van der Waals surface area (Å²) in [4.78, 5) is 12.0. The molecule has 0 saturated heterocycles. The second-order valence-corrected chi connectivity index (χ2v) is 8.23. The van der Waals surface area contributed by atoms with Gasteiger partial charge < -0.3 is 14.8 Å². The largest absolute Gasteiger partial charge is 0.490 e. The molecule has 2 aromatic rings. The monoisotopic (exact) mass is 559 g/mol. The molecule has 0 aliphatic heterocycles. The van der Waals surface area contributed by atoms with Crippen molar-refractivity contribution in [2.45, 2.75) is 33.8 Å². The summed E-state index contributed by atoms with van der Waals surface area (Å²) < 4.78 is 13.4. The van der Waals surface area contributed by atoms with E-state index in [2.05, 4.69) is 54.4 Å². The van der Waals surface area contributed by atoms with E-state index in [-0.39, 0.29) is 6.10 Å². The number of urea groups is 1. The fraction of sp³-hybridized carbons (Fsp3) is 0.300. The van der Waals surface area contributed by atoms with Crippen LogP contribution in [0.25, 0.3) is 0 Å². The van der Waals surface area contributed by atoms with Gasteiger partial charge in [-0.25, -0.2) is 10.2 Å². The molecule has 8 heteroatoms. The number of benzene rings is 2. The predicted molar refractivity (Wildman–Crippen MR) is 125 cm³/mol. The lowest BCUT2D eigenvalue weighted by Gasteiger charge is -2.16. The van der Waals surface area contributed by atoms with Crippen LogP contribution in [0.15, 0.2) is 39.9 Å². The Labute approximate surface area is 187 Å². The maximum Gasteiger partial charge on any atom is 0.339 e. The Kier molecular flexibility index (Phi) is 8.56. The van der Waals surface area contributed by atoms with Crippen LogP contribution in [0, 0.1) is 10.5 Å². The van der Waals surface area contributed by atoms with Gasteiger partial charge in [0, 0.05) is 10.2 Å². The number of ether oxygens (including phenoxy) is 2. The molecule has 2 amide bonds. The van der Waals surface area contributed by atoms with Crippen molar-refractivity contribution in [2.24, 2.45) is 5.10 Å². The molecule has 0 heterocycles. The molecule has 0 saturated carbocycles. The molecule has 0 spiro atoms. The highest BCUT2D eigenvalue weighted by Crippen LogP contribution is 2.34. The lowest BCUT2D eigenvalue weighted by molar-refractivity contribution is 0.222. The van der Waals surface area contributed by atoms with Gasteiger partial charge in [0.15, 0.2) is 11.5 Å². The molecule has 0 aliphatic rings. The number of hydrogen-bond donors (Lipinski definition) is 2. The first kappa shape index (κ1) is 22.5. The van der Waals surface area contributed by atoms with E-state index in [9.17, 15) is 4.79 Å². The van der Waals surface area contributed by atoms with Gasteiger partial charge in [0.05, 0.1) is 22.5 Å². The molecule has 0 radical (unpaired) electrons. The molecular formula is C20H23BrIN3O3. The summed E-state index contributed by atoms with van der Waals surface area (Å²) in [6, 6.07) is 8.90. The van der Waals surface area contributed by atoms with E-state index >= 15 is 0 Å². The molecular weight excluding hydrogens is 537 g/mol. The third kappa shape index (κ3) is 6.66. The molecule has 0 aromatic heterocycles. The minimum absolute atomic E-state index is 0.0415. The molecule has 6 nitrogen and oxygen atoms in total. The van der Waals surface area contributed by atoms with Crippen LogP contribution in [0.5, 0.6) is 11.5 Å². The number of amides is 2. The highest BCUT2D eigenvalue weighted by atomic mass is 127. The molecule has 0 bridgehead atoms. The van der Waals surface area contributed by atoms with Gasteiger partial charge in [-0.15, -0.1) is 0 Å². The topological polar surface area (TPSA) is 72.0 Å². The lowest BCUT2D eigenvalue weighted by atomic mass is 10.2. The zero-order valence-electron chi connectivity index (χ0n) is 16.2. The van der Waals surface area contributed by atoms with Crippen LogP contribution >= 0.6 is 38.5 Å². The summed E-state index contributed by atoms with van der Waals surface area (Å²) in [7, 11) is 0. The van der Waals surface area contributed by atoms with Gasteiger partial charge in [0.2, 0.25) is 0 Å². The van der Waals surface area contributed by atoms with Gasteiger partial charge in [0.25, 0.3) is 0 Å². The lowest BCUT2D eigenvalue weighted by Crippen LogP contribution is -2.24. The summed E-state index contributed by atoms with van der Waals surface area (Å²) in [5, 5.41) is 6.75. The number of nitrogens with zero attached hydrogens (tertiary/aromatic N) is 1. The second kappa shape index (κ2) is 10.7. The zero-order valence-corrected chi connectivity index (χ0v) is 19.9. The van der Waals surface area contributed by atoms with E-state index in [4.69, 9.17) is 9.47 Å². The quantitative estimate of drug-likeness (QED) is 0.259. The van der Waals surface area contributed by atoms with Crippen molar-refractivity contribution in [3.05, 3.63) is 49.5 Å². The number of rotatable bonds is 7. The normalized spacial score (nSPS) is 11.0. The van der Waals surface area contributed by atoms with Crippen molar-refractivity contribution >= 4 is 56.5 Å². The minimum Gasteiger partial charge on any atom is -0.490 e. The Bertz CT molecular complexity index is 872. The first-order valence-corrected chi connectivity index (χ1v) is 10.7. The van der Waals surface area contributed by atoms with Crippen molar-refractivity contribution in [3.8, 4) is 11.5 Å². The zero-order chi connectivity index (χ0) is 20.7. The van der Waals surface area contributed by atoms with Gasteiger partial charge in [-0.2, -0.15) is 5.10 Å². The van der Waals surface area contributed by atoms with E-state index in [0.717, 1.165) is 19.2 Å². The highest BCUT2D eigenvalue weighted by Gasteiger charge is 2.13.